The minimum atomic E-state index is 0.101. The van der Waals surface area contributed by atoms with Gasteiger partial charge in [0.25, 0.3) is 0 Å². The number of aromatic nitrogens is 3. The Morgan fingerprint density at radius 3 is 2.87 bits per heavy atom. The molecule has 1 aliphatic heterocycles. The molecule has 2 unspecified atom stereocenters. The highest BCUT2D eigenvalue weighted by molar-refractivity contribution is 9.10. The van der Waals surface area contributed by atoms with Gasteiger partial charge in [-0.05, 0) is 35.7 Å². The van der Waals surface area contributed by atoms with Crippen LogP contribution in [-0.4, -0.2) is 14.8 Å². The van der Waals surface area contributed by atoms with Gasteiger partial charge in [-0.2, -0.15) is 10.1 Å². The van der Waals surface area contributed by atoms with Crippen molar-refractivity contribution in [1.29, 1.82) is 0 Å². The van der Waals surface area contributed by atoms with Crippen molar-refractivity contribution in [2.45, 2.75) is 18.5 Å². The second kappa shape index (κ2) is 5.98. The van der Waals surface area contributed by atoms with E-state index in [1.165, 1.54) is 5.56 Å². The summed E-state index contributed by atoms with van der Waals surface area (Å²) in [4.78, 5) is 4.35. The number of fused-ring (bicyclic) bond motifs is 1. The maximum atomic E-state index is 6.39. The predicted octanol–water partition coefficient (Wildman–Crippen LogP) is 4.84. The molecule has 0 saturated carbocycles. The normalized spacial score (nSPS) is 19.9. The molecule has 0 amide bonds. The Hall–Kier alpha value is -1.85. The highest BCUT2D eigenvalue weighted by Crippen LogP contribution is 2.39. The number of nitrogens with zero attached hydrogens (tertiary/aromatic N) is 3. The zero-order valence-electron chi connectivity index (χ0n) is 12.2. The van der Waals surface area contributed by atoms with Crippen LogP contribution < -0.4 is 5.32 Å². The average molecular weight is 390 g/mol. The first-order valence-corrected chi connectivity index (χ1v) is 8.55. The van der Waals surface area contributed by atoms with Crippen molar-refractivity contribution in [3.8, 4) is 0 Å². The van der Waals surface area contributed by atoms with E-state index in [-0.39, 0.29) is 12.1 Å². The predicted molar refractivity (Wildman–Crippen MR) is 94.7 cm³/mol. The third-order valence-corrected chi connectivity index (χ3v) is 4.98. The quantitative estimate of drug-likeness (QED) is 0.682. The minimum Gasteiger partial charge on any atom is -0.347 e. The van der Waals surface area contributed by atoms with E-state index in [1.807, 2.05) is 35.0 Å². The van der Waals surface area contributed by atoms with Gasteiger partial charge in [-0.1, -0.05) is 57.9 Å². The van der Waals surface area contributed by atoms with Crippen LogP contribution in [0.4, 0.5) is 5.95 Å². The van der Waals surface area contributed by atoms with Crippen molar-refractivity contribution < 1.29 is 0 Å². The Morgan fingerprint density at radius 2 is 2.04 bits per heavy atom. The number of hydrogen-bond donors (Lipinski definition) is 1. The van der Waals surface area contributed by atoms with Crippen molar-refractivity contribution in [2.24, 2.45) is 0 Å². The van der Waals surface area contributed by atoms with Gasteiger partial charge in [0.1, 0.15) is 6.33 Å². The number of rotatable bonds is 2. The molecule has 0 spiro atoms. The van der Waals surface area contributed by atoms with Gasteiger partial charge in [0.05, 0.1) is 12.1 Å². The number of benzene rings is 2. The van der Waals surface area contributed by atoms with Crippen LogP contribution in [0.2, 0.25) is 5.02 Å². The highest BCUT2D eigenvalue weighted by atomic mass is 79.9. The van der Waals surface area contributed by atoms with Gasteiger partial charge in [0, 0.05) is 9.50 Å². The summed E-state index contributed by atoms with van der Waals surface area (Å²) < 4.78 is 3.00. The Balaban J connectivity index is 1.77. The molecule has 116 valence electrons. The molecule has 1 N–H and O–H groups in total. The van der Waals surface area contributed by atoms with E-state index in [1.54, 1.807) is 6.33 Å². The number of anilines is 1. The first-order valence-electron chi connectivity index (χ1n) is 7.38. The Kier molecular flexibility index (Phi) is 3.83. The zero-order valence-corrected chi connectivity index (χ0v) is 14.5. The van der Waals surface area contributed by atoms with Gasteiger partial charge in [-0.15, -0.1) is 0 Å². The van der Waals surface area contributed by atoms with Crippen LogP contribution >= 0.6 is 27.5 Å². The van der Waals surface area contributed by atoms with E-state index in [0.29, 0.717) is 0 Å². The summed E-state index contributed by atoms with van der Waals surface area (Å²) in [5, 5.41) is 8.60. The summed E-state index contributed by atoms with van der Waals surface area (Å²) in [6.07, 6.45) is 2.44. The lowest BCUT2D eigenvalue weighted by Crippen LogP contribution is -2.28. The number of hydrogen-bond acceptors (Lipinski definition) is 3. The molecular formula is C17H14BrClN4. The smallest absolute Gasteiger partial charge is 0.222 e. The van der Waals surface area contributed by atoms with Crippen molar-refractivity contribution in [3.63, 3.8) is 0 Å². The molecule has 0 saturated heterocycles. The Morgan fingerprint density at radius 1 is 1.17 bits per heavy atom. The number of nitrogens with one attached hydrogen (secondary N) is 1. The molecule has 0 fully saturated rings. The molecule has 0 bridgehead atoms. The van der Waals surface area contributed by atoms with Gasteiger partial charge in [-0.25, -0.2) is 4.68 Å². The second-order valence-electron chi connectivity index (χ2n) is 5.55. The van der Waals surface area contributed by atoms with E-state index >= 15 is 0 Å². The van der Waals surface area contributed by atoms with Crippen molar-refractivity contribution in [3.05, 3.63) is 75.5 Å². The molecule has 6 heteroatoms. The molecule has 0 aliphatic carbocycles. The van der Waals surface area contributed by atoms with Gasteiger partial charge >= 0.3 is 0 Å². The van der Waals surface area contributed by atoms with Crippen LogP contribution in [0.15, 0.2) is 59.3 Å². The SMILES string of the molecule is Clc1ccccc1C1CC(c2cccc(Br)c2)n2ncnc2N1. The average Bonchev–Trinajstić information content (AvgIpc) is 3.03. The molecule has 4 nitrogen and oxygen atoms in total. The summed E-state index contributed by atoms with van der Waals surface area (Å²) in [5.41, 5.74) is 2.29. The first kappa shape index (κ1) is 14.7. The van der Waals surface area contributed by atoms with Crippen LogP contribution in [-0.2, 0) is 0 Å². The van der Waals surface area contributed by atoms with E-state index in [4.69, 9.17) is 11.6 Å². The summed E-state index contributed by atoms with van der Waals surface area (Å²) in [5.74, 6) is 0.770. The van der Waals surface area contributed by atoms with E-state index in [2.05, 4.69) is 49.5 Å². The highest BCUT2D eigenvalue weighted by Gasteiger charge is 2.30. The summed E-state index contributed by atoms with van der Waals surface area (Å²) in [6, 6.07) is 16.5. The van der Waals surface area contributed by atoms with E-state index in [9.17, 15) is 0 Å². The first-order chi connectivity index (χ1) is 11.2. The van der Waals surface area contributed by atoms with E-state index < -0.39 is 0 Å². The maximum Gasteiger partial charge on any atom is 0.222 e. The Labute approximate surface area is 147 Å². The summed E-state index contributed by atoms with van der Waals surface area (Å²) >= 11 is 9.94. The minimum absolute atomic E-state index is 0.101. The van der Waals surface area contributed by atoms with Gasteiger partial charge < -0.3 is 5.32 Å². The summed E-state index contributed by atoms with van der Waals surface area (Å²) in [6.45, 7) is 0. The lowest BCUT2D eigenvalue weighted by molar-refractivity contribution is 0.431. The third kappa shape index (κ3) is 2.75. The molecule has 2 heterocycles. The molecule has 1 aromatic heterocycles. The molecule has 0 radical (unpaired) electrons. The largest absolute Gasteiger partial charge is 0.347 e. The van der Waals surface area contributed by atoms with Gasteiger partial charge in [0.15, 0.2) is 0 Å². The lowest BCUT2D eigenvalue weighted by atomic mass is 9.93. The molecule has 1 aliphatic rings. The maximum absolute atomic E-state index is 6.39. The van der Waals surface area contributed by atoms with Crippen LogP contribution in [0.5, 0.6) is 0 Å². The van der Waals surface area contributed by atoms with Crippen LogP contribution in [0, 0.1) is 0 Å². The topological polar surface area (TPSA) is 42.7 Å². The summed E-state index contributed by atoms with van der Waals surface area (Å²) in [7, 11) is 0. The van der Waals surface area contributed by atoms with Gasteiger partial charge in [-0.3, -0.25) is 0 Å². The molecule has 2 aromatic carbocycles. The van der Waals surface area contributed by atoms with E-state index in [0.717, 1.165) is 27.4 Å². The molecule has 23 heavy (non-hydrogen) atoms. The molecule has 2 atom stereocenters. The van der Waals surface area contributed by atoms with Crippen LogP contribution in [0.1, 0.15) is 29.6 Å². The van der Waals surface area contributed by atoms with Crippen LogP contribution in [0.25, 0.3) is 0 Å². The fraction of sp³-hybridized carbons (Fsp3) is 0.176. The standard InChI is InChI=1S/C17H14BrClN4/c18-12-5-3-4-11(8-12)16-9-15(13-6-1-2-7-14(13)19)22-17-20-10-21-23(16)17/h1-8,10,15-16H,9H2,(H,20,21,22). The van der Waals surface area contributed by atoms with Crippen molar-refractivity contribution in [2.75, 3.05) is 5.32 Å². The lowest BCUT2D eigenvalue weighted by Gasteiger charge is -2.32. The fourth-order valence-electron chi connectivity index (χ4n) is 3.07. The molecule has 3 aromatic rings. The van der Waals surface area contributed by atoms with Crippen LogP contribution in [0.3, 0.4) is 0 Å². The molecular weight excluding hydrogens is 376 g/mol. The zero-order chi connectivity index (χ0) is 15.8. The van der Waals surface area contributed by atoms with Gasteiger partial charge in [0.2, 0.25) is 5.95 Å². The molecule has 4 rings (SSSR count). The monoisotopic (exact) mass is 388 g/mol. The second-order valence-corrected chi connectivity index (χ2v) is 6.88. The van der Waals surface area contributed by atoms with Crippen molar-refractivity contribution in [1.82, 2.24) is 14.8 Å². The third-order valence-electron chi connectivity index (χ3n) is 4.14. The van der Waals surface area contributed by atoms with Crippen molar-refractivity contribution >= 4 is 33.5 Å². The fourth-order valence-corrected chi connectivity index (χ4v) is 3.76. The number of halogens is 2. The Bertz CT molecular complexity index is 848.